The minimum absolute atomic E-state index is 0.0877. The van der Waals surface area contributed by atoms with Crippen LogP contribution in [0.1, 0.15) is 55.9 Å². The summed E-state index contributed by atoms with van der Waals surface area (Å²) < 4.78 is 85.8. The Labute approximate surface area is 226 Å². The summed E-state index contributed by atoms with van der Waals surface area (Å²) in [6, 6.07) is 6.22. The number of carbonyl (C=O) groups excluding carboxylic acids is 1. The SMILES string of the molecule is CC(C)(C)OC(=O)N1CCC(Nc2nc3c(Cc4ccc(C(F)(F)F)cc4C(F)(F)F)cccc3nc2N)CC1. The van der Waals surface area contributed by atoms with Crippen LogP contribution in [0.2, 0.25) is 0 Å². The fourth-order valence-corrected chi connectivity index (χ4v) is 4.50. The summed E-state index contributed by atoms with van der Waals surface area (Å²) in [6.45, 7) is 6.24. The van der Waals surface area contributed by atoms with Crippen LogP contribution in [0.3, 0.4) is 0 Å². The lowest BCUT2D eigenvalue weighted by atomic mass is 9.96. The second-order valence-electron chi connectivity index (χ2n) is 10.7. The third kappa shape index (κ3) is 6.86. The zero-order chi connectivity index (χ0) is 29.5. The number of hydrogen-bond donors (Lipinski definition) is 2. The second kappa shape index (κ2) is 10.7. The van der Waals surface area contributed by atoms with E-state index >= 15 is 0 Å². The molecule has 1 aromatic heterocycles. The number of benzene rings is 2. The van der Waals surface area contributed by atoms with E-state index in [1.807, 2.05) is 0 Å². The number of aromatic nitrogens is 2. The number of piperidine rings is 1. The third-order valence-corrected chi connectivity index (χ3v) is 6.42. The van der Waals surface area contributed by atoms with Crippen LogP contribution in [-0.2, 0) is 23.5 Å². The van der Waals surface area contributed by atoms with Gasteiger partial charge < -0.3 is 20.7 Å². The van der Waals surface area contributed by atoms with Gasteiger partial charge in [-0.15, -0.1) is 0 Å². The van der Waals surface area contributed by atoms with Crippen molar-refractivity contribution in [1.29, 1.82) is 0 Å². The van der Waals surface area contributed by atoms with Crippen molar-refractivity contribution in [3.05, 3.63) is 58.7 Å². The first-order valence-electron chi connectivity index (χ1n) is 12.6. The van der Waals surface area contributed by atoms with E-state index in [1.165, 1.54) is 0 Å². The van der Waals surface area contributed by atoms with Gasteiger partial charge in [0.15, 0.2) is 11.6 Å². The average molecular weight is 570 g/mol. The monoisotopic (exact) mass is 569 g/mol. The second-order valence-corrected chi connectivity index (χ2v) is 10.7. The van der Waals surface area contributed by atoms with Crippen molar-refractivity contribution in [3.63, 3.8) is 0 Å². The highest BCUT2D eigenvalue weighted by atomic mass is 19.4. The Morgan fingerprint density at radius 3 is 2.27 bits per heavy atom. The molecule has 0 atom stereocenters. The molecule has 0 radical (unpaired) electrons. The van der Waals surface area contributed by atoms with Crippen molar-refractivity contribution in [1.82, 2.24) is 14.9 Å². The Hall–Kier alpha value is -3.77. The molecule has 3 aromatic rings. The summed E-state index contributed by atoms with van der Waals surface area (Å²) in [6.07, 6.45) is -9.48. The number of carbonyl (C=O) groups is 1. The lowest BCUT2D eigenvalue weighted by Crippen LogP contribution is -2.44. The zero-order valence-corrected chi connectivity index (χ0v) is 22.1. The highest BCUT2D eigenvalue weighted by Crippen LogP contribution is 2.38. The Balaban J connectivity index is 1.57. The van der Waals surface area contributed by atoms with Gasteiger partial charge in [0.1, 0.15) is 5.60 Å². The maximum Gasteiger partial charge on any atom is 0.416 e. The average Bonchev–Trinajstić information content (AvgIpc) is 2.83. The van der Waals surface area contributed by atoms with Crippen molar-refractivity contribution in [2.45, 2.75) is 64.0 Å². The van der Waals surface area contributed by atoms with Gasteiger partial charge in [-0.25, -0.2) is 14.8 Å². The van der Waals surface area contributed by atoms with Gasteiger partial charge in [-0.1, -0.05) is 18.2 Å². The topological polar surface area (TPSA) is 93.4 Å². The van der Waals surface area contributed by atoms with Crippen molar-refractivity contribution in [2.24, 2.45) is 0 Å². The number of amides is 1. The number of halogens is 6. The Morgan fingerprint density at radius 2 is 1.68 bits per heavy atom. The van der Waals surface area contributed by atoms with Crippen molar-refractivity contribution < 1.29 is 35.9 Å². The van der Waals surface area contributed by atoms with Gasteiger partial charge in [0.25, 0.3) is 0 Å². The number of hydrogen-bond acceptors (Lipinski definition) is 6. The standard InChI is InChI=1S/C27H29F6N5O2/c1-25(2,3)40-24(39)38-11-9-18(10-12-38)35-23-22(34)36-20-6-4-5-16(21(20)37-23)13-15-7-8-17(26(28,29)30)14-19(15)27(31,32)33/h4-8,14,18H,9-13H2,1-3H3,(H2,34,36)(H,35,37). The number of para-hydroxylation sites is 1. The van der Waals surface area contributed by atoms with Crippen LogP contribution in [0.5, 0.6) is 0 Å². The molecule has 4 rings (SSSR count). The summed E-state index contributed by atoms with van der Waals surface area (Å²) in [4.78, 5) is 22.8. The third-order valence-electron chi connectivity index (χ3n) is 6.42. The predicted molar refractivity (Wildman–Crippen MR) is 138 cm³/mol. The van der Waals surface area contributed by atoms with E-state index in [0.29, 0.717) is 43.1 Å². The molecule has 1 aliphatic heterocycles. The van der Waals surface area contributed by atoms with Gasteiger partial charge in [0.05, 0.1) is 22.2 Å². The van der Waals surface area contributed by atoms with E-state index in [9.17, 15) is 31.1 Å². The van der Waals surface area contributed by atoms with Crippen molar-refractivity contribution >= 4 is 28.8 Å². The van der Waals surface area contributed by atoms with Crippen LogP contribution in [0.25, 0.3) is 11.0 Å². The molecule has 1 amide bonds. The van der Waals surface area contributed by atoms with Gasteiger partial charge in [0, 0.05) is 25.6 Å². The van der Waals surface area contributed by atoms with E-state index in [4.69, 9.17) is 10.5 Å². The molecule has 1 aliphatic rings. The lowest BCUT2D eigenvalue weighted by Gasteiger charge is -2.34. The number of fused-ring (bicyclic) bond motifs is 1. The van der Waals surface area contributed by atoms with Crippen LogP contribution < -0.4 is 11.1 Å². The molecule has 3 N–H and O–H groups in total. The molecule has 216 valence electrons. The number of nitrogens with two attached hydrogens (primary N) is 1. The predicted octanol–water partition coefficient (Wildman–Crippen LogP) is 6.65. The molecule has 0 saturated carbocycles. The number of ether oxygens (including phenoxy) is 1. The minimum Gasteiger partial charge on any atom is -0.444 e. The maximum absolute atomic E-state index is 13.7. The van der Waals surface area contributed by atoms with E-state index in [2.05, 4.69) is 15.3 Å². The molecule has 1 fully saturated rings. The zero-order valence-electron chi connectivity index (χ0n) is 22.1. The Morgan fingerprint density at radius 1 is 1.00 bits per heavy atom. The first kappa shape index (κ1) is 29.2. The summed E-state index contributed by atoms with van der Waals surface area (Å²) in [5.74, 6) is 0.323. The van der Waals surface area contributed by atoms with Crippen molar-refractivity contribution in [2.75, 3.05) is 24.1 Å². The van der Waals surface area contributed by atoms with Crippen LogP contribution >= 0.6 is 0 Å². The molecule has 1 saturated heterocycles. The molecule has 13 heteroatoms. The van der Waals surface area contributed by atoms with Crippen LogP contribution in [0.15, 0.2) is 36.4 Å². The van der Waals surface area contributed by atoms with E-state index in [0.717, 1.165) is 6.07 Å². The number of nitrogen functional groups attached to an aromatic ring is 1. The van der Waals surface area contributed by atoms with Crippen LogP contribution in [0, 0.1) is 0 Å². The fourth-order valence-electron chi connectivity index (χ4n) is 4.50. The number of rotatable bonds is 4. The highest BCUT2D eigenvalue weighted by molar-refractivity contribution is 5.83. The van der Waals surface area contributed by atoms with Crippen LogP contribution in [0.4, 0.5) is 42.8 Å². The van der Waals surface area contributed by atoms with Crippen LogP contribution in [-0.4, -0.2) is 45.7 Å². The Kier molecular flexibility index (Phi) is 7.79. The molecule has 2 heterocycles. The van der Waals surface area contributed by atoms with E-state index in [1.54, 1.807) is 43.9 Å². The van der Waals surface area contributed by atoms with Gasteiger partial charge in [-0.2, -0.15) is 26.3 Å². The quantitative estimate of drug-likeness (QED) is 0.342. The van der Waals surface area contributed by atoms with Gasteiger partial charge in [0.2, 0.25) is 0 Å². The summed E-state index contributed by atoms with van der Waals surface area (Å²) in [5, 5.41) is 3.22. The normalized spacial score (nSPS) is 15.4. The number of nitrogens with one attached hydrogen (secondary N) is 1. The maximum atomic E-state index is 13.7. The molecule has 0 spiro atoms. The molecule has 40 heavy (non-hydrogen) atoms. The molecule has 0 unspecified atom stereocenters. The van der Waals surface area contributed by atoms with E-state index in [-0.39, 0.29) is 41.2 Å². The van der Waals surface area contributed by atoms with Crippen molar-refractivity contribution in [3.8, 4) is 0 Å². The molecule has 2 aromatic carbocycles. The largest absolute Gasteiger partial charge is 0.444 e. The summed E-state index contributed by atoms with van der Waals surface area (Å²) in [5.41, 5.74) is 3.40. The first-order chi connectivity index (χ1) is 18.5. The van der Waals surface area contributed by atoms with Gasteiger partial charge >= 0.3 is 18.4 Å². The smallest absolute Gasteiger partial charge is 0.416 e. The molecule has 7 nitrogen and oxygen atoms in total. The molecular weight excluding hydrogens is 540 g/mol. The number of likely N-dealkylation sites (tertiary alicyclic amines) is 1. The minimum atomic E-state index is -4.99. The number of anilines is 2. The Bertz CT molecular complexity index is 1390. The molecule has 0 aliphatic carbocycles. The lowest BCUT2D eigenvalue weighted by molar-refractivity contribution is -0.143. The first-order valence-corrected chi connectivity index (χ1v) is 12.6. The highest BCUT2D eigenvalue weighted by Gasteiger charge is 2.38. The molecular formula is C27H29F6N5O2. The van der Waals surface area contributed by atoms with E-state index < -0.39 is 35.2 Å². The summed E-state index contributed by atoms with van der Waals surface area (Å²) >= 11 is 0. The van der Waals surface area contributed by atoms with Gasteiger partial charge in [-0.05, 0) is 62.9 Å². The number of alkyl halides is 6. The number of nitrogens with zero attached hydrogens (tertiary/aromatic N) is 3. The fraction of sp³-hybridized carbons (Fsp3) is 0.444. The summed E-state index contributed by atoms with van der Waals surface area (Å²) in [7, 11) is 0. The van der Waals surface area contributed by atoms with Gasteiger partial charge in [-0.3, -0.25) is 0 Å². The molecule has 0 bridgehead atoms.